The van der Waals surface area contributed by atoms with E-state index in [1.807, 2.05) is 28.2 Å². The van der Waals surface area contributed by atoms with Crippen molar-refractivity contribution >= 4 is 46.7 Å². The van der Waals surface area contributed by atoms with E-state index in [0.717, 1.165) is 9.92 Å². The van der Waals surface area contributed by atoms with Crippen molar-refractivity contribution in [1.29, 1.82) is 0 Å². The molecule has 12 heavy (non-hydrogen) atoms. The third-order valence-electron chi connectivity index (χ3n) is 1.05. The van der Waals surface area contributed by atoms with Crippen LogP contribution < -0.4 is 0 Å². The Morgan fingerprint density at radius 3 is 2.25 bits per heavy atom. The summed E-state index contributed by atoms with van der Waals surface area (Å²) in [5.74, 6) is 0. The average molecular weight is 329 g/mol. The van der Waals surface area contributed by atoms with E-state index in [2.05, 4.69) is 0 Å². The molecular formula is C7H5Cl3RuS. The van der Waals surface area contributed by atoms with Crippen LogP contribution in [0.5, 0.6) is 0 Å². The molecule has 0 radical (unpaired) electrons. The Bertz CT molecular complexity index is 279. The summed E-state index contributed by atoms with van der Waals surface area (Å²) in [4.78, 5) is 1.11. The normalized spacial score (nSPS) is 11.1. The number of thioether (sulfide) groups is 1. The molecule has 0 saturated heterocycles. The Hall–Kier alpha value is 0.933. The van der Waals surface area contributed by atoms with Gasteiger partial charge in [-0.3, -0.25) is 0 Å². The molecule has 0 bridgehead atoms. The van der Waals surface area contributed by atoms with Crippen LogP contribution in [-0.4, -0.2) is 3.94 Å². The zero-order valence-corrected chi connectivity index (χ0v) is 10.6. The summed E-state index contributed by atoms with van der Waals surface area (Å²) in [5, 5.41) is 0.741. The molecule has 1 aromatic carbocycles. The van der Waals surface area contributed by atoms with Gasteiger partial charge in [-0.15, -0.1) is 0 Å². The van der Waals surface area contributed by atoms with Gasteiger partial charge >= 0.3 is 94.4 Å². The molecule has 0 fully saturated rings. The first-order valence-corrected chi connectivity index (χ1v) is 9.66. The average Bonchev–Trinajstić information content (AvgIpc) is 2.03. The molecule has 0 heterocycles. The maximum atomic E-state index is 5.71. The number of benzene rings is 1. The first kappa shape index (κ1) is 11.0. The van der Waals surface area contributed by atoms with Crippen molar-refractivity contribution in [1.82, 2.24) is 0 Å². The molecule has 0 atom stereocenters. The third-order valence-corrected chi connectivity index (χ3v) is 5.84. The van der Waals surface area contributed by atoms with Crippen LogP contribution in [-0.2, 0) is 13.5 Å². The van der Waals surface area contributed by atoms with E-state index >= 15 is 0 Å². The van der Waals surface area contributed by atoms with Crippen LogP contribution in [0.1, 0.15) is 0 Å². The van der Waals surface area contributed by atoms with Crippen molar-refractivity contribution < 1.29 is 13.5 Å². The van der Waals surface area contributed by atoms with Crippen LogP contribution >= 0.6 is 42.7 Å². The van der Waals surface area contributed by atoms with Crippen LogP contribution in [0.15, 0.2) is 29.2 Å². The molecule has 0 aromatic heterocycles. The monoisotopic (exact) mass is 328 g/mol. The van der Waals surface area contributed by atoms with Gasteiger partial charge in [0.05, 0.1) is 0 Å². The van der Waals surface area contributed by atoms with Crippen molar-refractivity contribution in [2.75, 3.05) is 0 Å². The molecule has 0 aliphatic carbocycles. The summed E-state index contributed by atoms with van der Waals surface area (Å²) in [6.45, 7) is 0. The molecule has 1 aromatic rings. The molecule has 0 nitrogen and oxygen atoms in total. The molecule has 68 valence electrons. The van der Waals surface area contributed by atoms with E-state index in [4.69, 9.17) is 31.0 Å². The Labute approximate surface area is 93.7 Å². The zero-order valence-electron chi connectivity index (χ0n) is 5.78. The van der Waals surface area contributed by atoms with Gasteiger partial charge in [-0.25, -0.2) is 0 Å². The second-order valence-electron chi connectivity index (χ2n) is 1.86. The van der Waals surface area contributed by atoms with Crippen LogP contribution in [0.2, 0.25) is 5.02 Å². The van der Waals surface area contributed by atoms with Crippen LogP contribution in [0.3, 0.4) is 0 Å². The van der Waals surface area contributed by atoms with Crippen molar-refractivity contribution in [2.24, 2.45) is 0 Å². The van der Waals surface area contributed by atoms with Crippen molar-refractivity contribution in [3.63, 3.8) is 0 Å². The minimum absolute atomic E-state index is 0.741. The van der Waals surface area contributed by atoms with Crippen molar-refractivity contribution in [2.45, 2.75) is 4.90 Å². The number of hydrogen-bond acceptors (Lipinski definition) is 1. The van der Waals surface area contributed by atoms with E-state index in [1.165, 1.54) is 0 Å². The summed E-state index contributed by atoms with van der Waals surface area (Å²) < 4.78 is 1.89. The molecule has 0 unspecified atom stereocenters. The predicted octanol–water partition coefficient (Wildman–Crippen LogP) is 4.12. The summed E-state index contributed by atoms with van der Waals surface area (Å²) >= 11 is 5.62. The summed E-state index contributed by atoms with van der Waals surface area (Å²) in [5.41, 5.74) is 0. The second-order valence-corrected chi connectivity index (χ2v) is 9.62. The molecule has 5 heteroatoms. The Kier molecular flexibility index (Phi) is 5.16. The fourth-order valence-corrected chi connectivity index (χ4v) is 3.46. The van der Waals surface area contributed by atoms with Gasteiger partial charge in [-0.2, -0.15) is 0 Å². The summed E-state index contributed by atoms with van der Waals surface area (Å²) in [6, 6.07) is 7.57. The molecule has 0 aliphatic rings. The predicted molar refractivity (Wildman–Crippen MR) is 55.1 cm³/mol. The number of halogens is 3. The Morgan fingerprint density at radius 2 is 1.75 bits per heavy atom. The molecule has 1 rings (SSSR count). The fraction of sp³-hybridized carbons (Fsp3) is 0. The zero-order chi connectivity index (χ0) is 8.97. The van der Waals surface area contributed by atoms with Crippen LogP contribution in [0, 0.1) is 0 Å². The van der Waals surface area contributed by atoms with Gasteiger partial charge < -0.3 is 0 Å². The van der Waals surface area contributed by atoms with Gasteiger partial charge in [0, 0.05) is 0 Å². The molecular weight excluding hydrogens is 324 g/mol. The second kappa shape index (κ2) is 5.62. The standard InChI is InChI=1S/C7H5ClS.2ClH.Ru/c1-9-7-4-2-6(8)3-5-7;;;/h1-5H;2*1H;/q;;;+2/p-2. The molecule has 0 aliphatic heterocycles. The minimum atomic E-state index is -1.64. The van der Waals surface area contributed by atoms with Crippen LogP contribution in [0.25, 0.3) is 0 Å². The van der Waals surface area contributed by atoms with Gasteiger partial charge in [0.25, 0.3) is 0 Å². The number of rotatable bonds is 2. The summed E-state index contributed by atoms with van der Waals surface area (Å²) in [6.07, 6.45) is 0. The Morgan fingerprint density at radius 1 is 1.17 bits per heavy atom. The first-order chi connectivity index (χ1) is 5.68. The van der Waals surface area contributed by atoms with Gasteiger partial charge in [0.15, 0.2) is 0 Å². The van der Waals surface area contributed by atoms with E-state index in [0.29, 0.717) is 0 Å². The molecule has 0 spiro atoms. The topological polar surface area (TPSA) is 0 Å². The quantitative estimate of drug-likeness (QED) is 0.581. The van der Waals surface area contributed by atoms with Crippen molar-refractivity contribution in [3.8, 4) is 0 Å². The summed E-state index contributed by atoms with van der Waals surface area (Å²) in [7, 11) is 11.3. The van der Waals surface area contributed by atoms with E-state index in [1.54, 1.807) is 11.8 Å². The number of hydrogen-bond donors (Lipinski definition) is 0. The van der Waals surface area contributed by atoms with Gasteiger partial charge in [-0.05, 0) is 0 Å². The van der Waals surface area contributed by atoms with E-state index in [9.17, 15) is 0 Å². The maximum absolute atomic E-state index is 5.71. The Balaban J connectivity index is 2.65. The molecule has 0 N–H and O–H groups in total. The SMILES string of the molecule is Clc1ccc(S[CH]=[Ru]([Cl])[Cl])cc1. The molecule has 0 saturated carbocycles. The molecule has 0 amide bonds. The van der Waals surface area contributed by atoms with E-state index < -0.39 is 13.5 Å². The van der Waals surface area contributed by atoms with Gasteiger partial charge in [0.2, 0.25) is 0 Å². The van der Waals surface area contributed by atoms with Gasteiger partial charge in [-0.1, -0.05) is 0 Å². The van der Waals surface area contributed by atoms with Crippen molar-refractivity contribution in [3.05, 3.63) is 29.3 Å². The van der Waals surface area contributed by atoms with E-state index in [-0.39, 0.29) is 0 Å². The first-order valence-electron chi connectivity index (χ1n) is 2.92. The van der Waals surface area contributed by atoms with Gasteiger partial charge in [0.1, 0.15) is 0 Å². The third kappa shape index (κ3) is 4.25. The fourth-order valence-electron chi connectivity index (χ4n) is 0.593. The van der Waals surface area contributed by atoms with Crippen LogP contribution in [0.4, 0.5) is 0 Å².